The molecule has 1 aromatic heterocycles. The van der Waals surface area contributed by atoms with E-state index in [9.17, 15) is 18.0 Å². The number of benzene rings is 1. The molecule has 0 spiro atoms. The minimum absolute atomic E-state index is 0.0685. The number of carbonyl (C=O) groups excluding carboxylic acids is 1. The van der Waals surface area contributed by atoms with Crippen molar-refractivity contribution in [3.8, 4) is 0 Å². The van der Waals surface area contributed by atoms with Gasteiger partial charge in [-0.1, -0.05) is 18.2 Å². The summed E-state index contributed by atoms with van der Waals surface area (Å²) in [7, 11) is 1.32. The van der Waals surface area contributed by atoms with Gasteiger partial charge in [-0.25, -0.2) is 9.78 Å². The van der Waals surface area contributed by atoms with Gasteiger partial charge >= 0.3 is 12.1 Å². The van der Waals surface area contributed by atoms with Crippen LogP contribution in [0.4, 0.5) is 19.0 Å². The Morgan fingerprint density at radius 1 is 1.14 bits per heavy atom. The quantitative estimate of drug-likeness (QED) is 0.688. The smallest absolute Gasteiger partial charge is 0.416 e. The van der Waals surface area contributed by atoms with Gasteiger partial charge < -0.3 is 9.64 Å². The number of hydrogen-bond donors (Lipinski definition) is 0. The van der Waals surface area contributed by atoms with E-state index in [1.165, 1.54) is 19.2 Å². The number of ether oxygens (including phenoxy) is 1. The second-order valence-electron chi connectivity index (χ2n) is 8.06. The minimum atomic E-state index is -4.32. The highest BCUT2D eigenvalue weighted by atomic mass is 19.4. The van der Waals surface area contributed by atoms with Crippen LogP contribution in [-0.4, -0.2) is 31.2 Å². The third-order valence-electron chi connectivity index (χ3n) is 6.13. The molecule has 1 saturated heterocycles. The molecule has 7 heteroatoms. The van der Waals surface area contributed by atoms with Crippen LogP contribution in [0.5, 0.6) is 0 Å². The van der Waals surface area contributed by atoms with Crippen LogP contribution in [0.25, 0.3) is 0 Å². The van der Waals surface area contributed by atoms with Crippen LogP contribution in [0, 0.1) is 18.8 Å². The lowest BCUT2D eigenvalue weighted by atomic mass is 9.91. The molecule has 2 aromatic rings. The summed E-state index contributed by atoms with van der Waals surface area (Å²) in [6, 6.07) is 9.57. The third kappa shape index (κ3) is 3.82. The van der Waals surface area contributed by atoms with E-state index in [2.05, 4.69) is 9.88 Å². The van der Waals surface area contributed by atoms with E-state index >= 15 is 0 Å². The van der Waals surface area contributed by atoms with Crippen LogP contribution < -0.4 is 4.90 Å². The molecule has 2 aliphatic rings. The van der Waals surface area contributed by atoms with Gasteiger partial charge in [0, 0.05) is 13.1 Å². The van der Waals surface area contributed by atoms with Gasteiger partial charge in [0.25, 0.3) is 0 Å². The zero-order valence-electron chi connectivity index (χ0n) is 16.4. The number of methoxy groups -OCH3 is 1. The number of alkyl halides is 3. The van der Waals surface area contributed by atoms with Crippen molar-refractivity contribution < 1.29 is 22.7 Å². The maximum absolute atomic E-state index is 13.4. The number of hydrogen-bond acceptors (Lipinski definition) is 4. The molecule has 1 unspecified atom stereocenters. The Labute approximate surface area is 167 Å². The van der Waals surface area contributed by atoms with Gasteiger partial charge in [0.05, 0.1) is 12.7 Å². The lowest BCUT2D eigenvalue weighted by Gasteiger charge is -2.22. The molecule has 154 valence electrons. The molecule has 29 heavy (non-hydrogen) atoms. The molecule has 0 N–H and O–H groups in total. The molecule has 2 fully saturated rings. The summed E-state index contributed by atoms with van der Waals surface area (Å²) in [5, 5.41) is 0. The van der Waals surface area contributed by atoms with E-state index in [0.29, 0.717) is 17.4 Å². The number of aromatic nitrogens is 1. The molecule has 1 saturated carbocycles. The van der Waals surface area contributed by atoms with Gasteiger partial charge in [-0.2, -0.15) is 13.2 Å². The largest absolute Gasteiger partial charge is 0.464 e. The second kappa shape index (κ2) is 7.35. The van der Waals surface area contributed by atoms with Gasteiger partial charge in [-0.15, -0.1) is 0 Å². The van der Waals surface area contributed by atoms with Crippen LogP contribution in [-0.2, 0) is 10.9 Å². The van der Waals surface area contributed by atoms with Crippen molar-refractivity contribution in [2.45, 2.75) is 31.9 Å². The molecule has 0 bridgehead atoms. The summed E-state index contributed by atoms with van der Waals surface area (Å²) in [6.07, 6.45) is -2.84. The molecule has 0 radical (unpaired) electrons. The molecule has 3 atom stereocenters. The number of anilines is 1. The van der Waals surface area contributed by atoms with Gasteiger partial charge in [0.2, 0.25) is 0 Å². The molecule has 4 nitrogen and oxygen atoms in total. The fourth-order valence-corrected chi connectivity index (χ4v) is 4.87. The first-order valence-electron chi connectivity index (χ1n) is 9.74. The van der Waals surface area contributed by atoms with Crippen molar-refractivity contribution >= 4 is 11.8 Å². The highest BCUT2D eigenvalue weighted by Gasteiger charge is 2.44. The number of nitrogens with zero attached hydrogens (tertiary/aromatic N) is 2. The number of halogens is 3. The van der Waals surface area contributed by atoms with E-state index in [1.807, 2.05) is 13.0 Å². The molecular formula is C22H23F3N2O2. The summed E-state index contributed by atoms with van der Waals surface area (Å²) in [5.74, 6) is 0.835. The Bertz CT molecular complexity index is 915. The summed E-state index contributed by atoms with van der Waals surface area (Å²) in [4.78, 5) is 18.4. The molecule has 1 aromatic carbocycles. The second-order valence-corrected chi connectivity index (χ2v) is 8.06. The first-order chi connectivity index (χ1) is 13.8. The molecule has 4 rings (SSSR count). The van der Waals surface area contributed by atoms with Crippen molar-refractivity contribution in [1.82, 2.24) is 4.98 Å². The van der Waals surface area contributed by atoms with Gasteiger partial charge in [0.1, 0.15) is 5.82 Å². The fraction of sp³-hybridized carbons (Fsp3) is 0.455. The van der Waals surface area contributed by atoms with Crippen molar-refractivity contribution in [1.29, 1.82) is 0 Å². The van der Waals surface area contributed by atoms with Crippen molar-refractivity contribution in [3.05, 3.63) is 58.8 Å². The zero-order chi connectivity index (χ0) is 20.8. The maximum Gasteiger partial charge on any atom is 0.416 e. The molecular weight excluding hydrogens is 381 g/mol. The van der Waals surface area contributed by atoms with E-state index in [1.54, 1.807) is 18.2 Å². The van der Waals surface area contributed by atoms with Crippen molar-refractivity contribution in [2.24, 2.45) is 11.8 Å². The van der Waals surface area contributed by atoms with Crippen LogP contribution in [0.3, 0.4) is 0 Å². The van der Waals surface area contributed by atoms with Gasteiger partial charge in [-0.3, -0.25) is 0 Å². The molecule has 2 heterocycles. The monoisotopic (exact) mass is 404 g/mol. The Morgan fingerprint density at radius 2 is 1.79 bits per heavy atom. The average Bonchev–Trinajstić information content (AvgIpc) is 3.25. The Kier molecular flexibility index (Phi) is 5.00. The van der Waals surface area contributed by atoms with Crippen LogP contribution >= 0.6 is 0 Å². The van der Waals surface area contributed by atoms with Gasteiger partial charge in [0.15, 0.2) is 5.69 Å². The number of rotatable bonds is 3. The number of aryl methyl sites for hydroxylation is 1. The van der Waals surface area contributed by atoms with E-state index in [0.717, 1.165) is 37.3 Å². The molecule has 1 aliphatic heterocycles. The number of esters is 1. The van der Waals surface area contributed by atoms with Gasteiger partial charge in [-0.05, 0) is 66.8 Å². The fourth-order valence-electron chi connectivity index (χ4n) is 4.87. The lowest BCUT2D eigenvalue weighted by Crippen LogP contribution is -2.24. The SMILES string of the molecule is COC(=O)c1cc(C)cc(N2C[C@H]3CC(c4ccccc4C(F)(F)F)C[C@H]3C2)n1. The minimum Gasteiger partial charge on any atom is -0.464 e. The van der Waals surface area contributed by atoms with Crippen LogP contribution in [0.2, 0.25) is 0 Å². The van der Waals surface area contributed by atoms with Crippen LogP contribution in [0.15, 0.2) is 36.4 Å². The van der Waals surface area contributed by atoms with E-state index < -0.39 is 17.7 Å². The molecule has 0 amide bonds. The highest BCUT2D eigenvalue weighted by molar-refractivity contribution is 5.87. The maximum atomic E-state index is 13.4. The first-order valence-corrected chi connectivity index (χ1v) is 9.74. The summed E-state index contributed by atoms with van der Waals surface area (Å²) in [6.45, 7) is 3.39. The zero-order valence-corrected chi connectivity index (χ0v) is 16.4. The standard InChI is InChI=1S/C22H23F3N2O2/c1-13-7-19(21(28)29-2)26-20(8-13)27-11-15-9-14(10-16(15)12-27)17-5-3-4-6-18(17)22(23,24)25/h3-8,14-16H,9-12H2,1-2H3/t14?,15-,16+. The highest BCUT2D eigenvalue weighted by Crippen LogP contribution is 2.49. The number of pyridine rings is 1. The predicted octanol–water partition coefficient (Wildman–Crippen LogP) is 4.83. The van der Waals surface area contributed by atoms with Crippen molar-refractivity contribution in [3.63, 3.8) is 0 Å². The third-order valence-corrected chi connectivity index (χ3v) is 6.13. The Balaban J connectivity index is 1.51. The summed E-state index contributed by atoms with van der Waals surface area (Å²) < 4.78 is 44.9. The average molecular weight is 404 g/mol. The number of carbonyl (C=O) groups is 1. The first kappa shape index (κ1) is 19.7. The normalized spacial score (nSPS) is 23.9. The summed E-state index contributed by atoms with van der Waals surface area (Å²) >= 11 is 0. The Hall–Kier alpha value is -2.57. The number of fused-ring (bicyclic) bond motifs is 1. The molecule has 1 aliphatic carbocycles. The summed E-state index contributed by atoms with van der Waals surface area (Å²) in [5.41, 5.74) is 1.11. The Morgan fingerprint density at radius 3 is 2.41 bits per heavy atom. The van der Waals surface area contributed by atoms with E-state index in [-0.39, 0.29) is 11.6 Å². The van der Waals surface area contributed by atoms with Crippen molar-refractivity contribution in [2.75, 3.05) is 25.1 Å². The topological polar surface area (TPSA) is 42.4 Å². The van der Waals surface area contributed by atoms with Crippen LogP contribution in [0.1, 0.15) is 45.9 Å². The lowest BCUT2D eigenvalue weighted by molar-refractivity contribution is -0.138. The van der Waals surface area contributed by atoms with E-state index in [4.69, 9.17) is 4.74 Å². The predicted molar refractivity (Wildman–Crippen MR) is 103 cm³/mol.